The van der Waals surface area contributed by atoms with Crippen molar-refractivity contribution in [2.24, 2.45) is 0 Å². The Morgan fingerprint density at radius 3 is 2.39 bits per heavy atom. The van der Waals surface area contributed by atoms with Gasteiger partial charge in [-0.25, -0.2) is 4.57 Å². The highest BCUT2D eigenvalue weighted by molar-refractivity contribution is 8.00. The summed E-state index contributed by atoms with van der Waals surface area (Å²) in [6.07, 6.45) is 0. The van der Waals surface area contributed by atoms with Gasteiger partial charge in [-0.1, -0.05) is 86.3 Å². The first-order valence-corrected chi connectivity index (χ1v) is 12.8. The van der Waals surface area contributed by atoms with Crippen LogP contribution in [0.3, 0.4) is 0 Å². The zero-order chi connectivity index (χ0) is 25.2. The van der Waals surface area contributed by atoms with Crippen molar-refractivity contribution in [1.82, 2.24) is 24.5 Å². The number of carbonyl (C=O) groups is 1. The van der Waals surface area contributed by atoms with Crippen molar-refractivity contribution in [3.05, 3.63) is 100 Å². The van der Waals surface area contributed by atoms with Gasteiger partial charge in [0.25, 0.3) is 5.56 Å². The number of amides is 1. The summed E-state index contributed by atoms with van der Waals surface area (Å²) < 4.78 is 3.51. The largest absolute Gasteiger partial charge is 0.351 e. The molecule has 1 N–H and O–H groups in total. The lowest BCUT2D eigenvalue weighted by Crippen LogP contribution is -2.30. The number of fused-ring (bicyclic) bond motifs is 3. The molecular weight excluding hydrogens is 470 g/mol. The fourth-order valence-electron chi connectivity index (χ4n) is 4.29. The third-order valence-electron chi connectivity index (χ3n) is 6.16. The van der Waals surface area contributed by atoms with Gasteiger partial charge in [0.15, 0.2) is 5.16 Å². The molecule has 0 spiro atoms. The fourth-order valence-corrected chi connectivity index (χ4v) is 5.17. The number of thioether (sulfide) groups is 1. The molecule has 0 aliphatic carbocycles. The van der Waals surface area contributed by atoms with E-state index in [-0.39, 0.29) is 17.4 Å². The molecule has 5 aromatic rings. The molecule has 36 heavy (non-hydrogen) atoms. The van der Waals surface area contributed by atoms with Crippen LogP contribution in [0.15, 0.2) is 88.8 Å². The Bertz CT molecular complexity index is 1610. The molecule has 0 radical (unpaired) electrons. The summed E-state index contributed by atoms with van der Waals surface area (Å²) in [5.74, 6) is 0.541. The molecule has 0 aliphatic heterocycles. The number of para-hydroxylation sites is 2. The van der Waals surface area contributed by atoms with Crippen LogP contribution in [0.25, 0.3) is 22.4 Å². The molecule has 0 saturated heterocycles. The SMILES string of the molecule is CC(Sc1nnc2n(-c3ccccc3C(C)C)c(=O)c3ccccc3n12)C(=O)NCc1ccccc1. The van der Waals surface area contributed by atoms with Gasteiger partial charge in [0.1, 0.15) is 0 Å². The zero-order valence-corrected chi connectivity index (χ0v) is 21.2. The summed E-state index contributed by atoms with van der Waals surface area (Å²) in [5.41, 5.74) is 3.42. The molecule has 8 heteroatoms. The van der Waals surface area contributed by atoms with Crippen LogP contribution in [-0.4, -0.2) is 30.3 Å². The molecule has 2 heterocycles. The first-order chi connectivity index (χ1) is 17.5. The maximum Gasteiger partial charge on any atom is 0.267 e. The van der Waals surface area contributed by atoms with E-state index in [1.54, 1.807) is 4.57 Å². The average Bonchev–Trinajstić information content (AvgIpc) is 3.31. The molecule has 1 atom stereocenters. The van der Waals surface area contributed by atoms with Crippen LogP contribution < -0.4 is 10.9 Å². The first kappa shape index (κ1) is 23.8. The highest BCUT2D eigenvalue weighted by atomic mass is 32.2. The predicted molar refractivity (Wildman–Crippen MR) is 144 cm³/mol. The molecule has 7 nitrogen and oxygen atoms in total. The minimum absolute atomic E-state index is 0.0941. The summed E-state index contributed by atoms with van der Waals surface area (Å²) in [5, 5.41) is 12.6. The molecule has 2 aromatic heterocycles. The first-order valence-electron chi connectivity index (χ1n) is 11.9. The summed E-state index contributed by atoms with van der Waals surface area (Å²) >= 11 is 1.32. The van der Waals surface area contributed by atoms with Gasteiger partial charge in [0.2, 0.25) is 11.7 Å². The standard InChI is InChI=1S/C28H27N5O2S/c1-18(2)21-13-7-9-15-23(21)32-26(35)22-14-8-10-16-24(22)33-27(32)30-31-28(33)36-19(3)25(34)29-17-20-11-5-4-6-12-20/h4-16,18-19H,17H2,1-3H3,(H,29,34). The Morgan fingerprint density at radius 1 is 0.917 bits per heavy atom. The van der Waals surface area contributed by atoms with Crippen molar-refractivity contribution in [2.45, 2.75) is 43.6 Å². The molecular formula is C28H27N5O2S. The monoisotopic (exact) mass is 497 g/mol. The summed E-state index contributed by atoms with van der Waals surface area (Å²) in [4.78, 5) is 26.5. The molecule has 5 rings (SSSR count). The summed E-state index contributed by atoms with van der Waals surface area (Å²) in [6.45, 7) is 6.50. The van der Waals surface area contributed by atoms with E-state index in [0.29, 0.717) is 28.4 Å². The number of nitrogens with zero attached hydrogens (tertiary/aromatic N) is 4. The van der Waals surface area contributed by atoms with Crippen molar-refractivity contribution in [3.63, 3.8) is 0 Å². The van der Waals surface area contributed by atoms with Gasteiger partial charge in [-0.15, -0.1) is 10.2 Å². The van der Waals surface area contributed by atoms with E-state index in [1.807, 2.05) is 90.2 Å². The summed E-state index contributed by atoms with van der Waals surface area (Å²) in [6, 6.07) is 25.1. The maximum absolute atomic E-state index is 13.7. The Kier molecular flexibility index (Phi) is 6.61. The van der Waals surface area contributed by atoms with Gasteiger partial charge in [-0.2, -0.15) is 0 Å². The van der Waals surface area contributed by atoms with E-state index < -0.39 is 5.25 Å². The van der Waals surface area contributed by atoms with Crippen LogP contribution in [0.4, 0.5) is 0 Å². The minimum Gasteiger partial charge on any atom is -0.351 e. The number of aromatic nitrogens is 4. The highest BCUT2D eigenvalue weighted by Gasteiger charge is 2.23. The van der Waals surface area contributed by atoms with Crippen molar-refractivity contribution in [3.8, 4) is 5.69 Å². The highest BCUT2D eigenvalue weighted by Crippen LogP contribution is 2.28. The Labute approximate surface area is 213 Å². The zero-order valence-electron chi connectivity index (χ0n) is 20.4. The molecule has 0 aliphatic rings. The van der Waals surface area contributed by atoms with Gasteiger partial charge < -0.3 is 5.32 Å². The quantitative estimate of drug-likeness (QED) is 0.322. The topological polar surface area (TPSA) is 81.3 Å². The van der Waals surface area contributed by atoms with Crippen LogP contribution in [0.5, 0.6) is 0 Å². The Balaban J connectivity index is 1.57. The molecule has 182 valence electrons. The number of carbonyl (C=O) groups excluding carboxylic acids is 1. The van der Waals surface area contributed by atoms with Crippen LogP contribution in [0.2, 0.25) is 0 Å². The van der Waals surface area contributed by atoms with Crippen LogP contribution in [0, 0.1) is 0 Å². The van der Waals surface area contributed by atoms with E-state index in [0.717, 1.165) is 16.8 Å². The predicted octanol–water partition coefficient (Wildman–Crippen LogP) is 4.95. The van der Waals surface area contributed by atoms with Crippen LogP contribution >= 0.6 is 11.8 Å². The number of benzene rings is 3. The molecule has 0 saturated carbocycles. The van der Waals surface area contributed by atoms with E-state index in [2.05, 4.69) is 29.4 Å². The van der Waals surface area contributed by atoms with Gasteiger partial charge in [0, 0.05) is 6.54 Å². The second-order valence-electron chi connectivity index (χ2n) is 8.95. The Hall–Kier alpha value is -3.91. The van der Waals surface area contributed by atoms with Crippen molar-refractivity contribution >= 4 is 34.3 Å². The van der Waals surface area contributed by atoms with Crippen LogP contribution in [0.1, 0.15) is 37.8 Å². The van der Waals surface area contributed by atoms with Gasteiger partial charge >= 0.3 is 0 Å². The minimum atomic E-state index is -0.414. The lowest BCUT2D eigenvalue weighted by Gasteiger charge is -2.17. The average molecular weight is 498 g/mol. The third-order valence-corrected chi connectivity index (χ3v) is 7.20. The van der Waals surface area contributed by atoms with Gasteiger partial charge in [0.05, 0.1) is 21.8 Å². The van der Waals surface area contributed by atoms with Crippen molar-refractivity contribution in [1.29, 1.82) is 0 Å². The number of hydrogen-bond acceptors (Lipinski definition) is 5. The van der Waals surface area contributed by atoms with E-state index in [4.69, 9.17) is 0 Å². The molecule has 3 aromatic carbocycles. The Morgan fingerprint density at radius 2 is 1.61 bits per heavy atom. The van der Waals surface area contributed by atoms with Gasteiger partial charge in [-0.3, -0.25) is 14.0 Å². The van der Waals surface area contributed by atoms with Crippen LogP contribution in [-0.2, 0) is 11.3 Å². The second kappa shape index (κ2) is 9.99. The second-order valence-corrected chi connectivity index (χ2v) is 10.3. The van der Waals surface area contributed by atoms with E-state index >= 15 is 0 Å². The van der Waals surface area contributed by atoms with E-state index in [9.17, 15) is 9.59 Å². The number of nitrogens with one attached hydrogen (secondary N) is 1. The van der Waals surface area contributed by atoms with E-state index in [1.165, 1.54) is 11.8 Å². The maximum atomic E-state index is 13.7. The molecule has 1 unspecified atom stereocenters. The fraction of sp³-hybridized carbons (Fsp3) is 0.214. The third kappa shape index (κ3) is 4.40. The smallest absolute Gasteiger partial charge is 0.267 e. The lowest BCUT2D eigenvalue weighted by molar-refractivity contribution is -0.120. The number of hydrogen-bond donors (Lipinski definition) is 1. The lowest BCUT2D eigenvalue weighted by atomic mass is 10.0. The van der Waals surface area contributed by atoms with Crippen molar-refractivity contribution < 1.29 is 4.79 Å². The normalized spacial score (nSPS) is 12.3. The number of rotatable bonds is 7. The van der Waals surface area contributed by atoms with Gasteiger partial charge in [-0.05, 0) is 42.2 Å². The molecule has 0 fully saturated rings. The van der Waals surface area contributed by atoms with Crippen molar-refractivity contribution in [2.75, 3.05) is 0 Å². The summed E-state index contributed by atoms with van der Waals surface area (Å²) in [7, 11) is 0. The molecule has 0 bridgehead atoms. The molecule has 1 amide bonds.